The maximum Gasteiger partial charge on any atom is 0.242 e. The van der Waals surface area contributed by atoms with Crippen molar-refractivity contribution in [2.24, 2.45) is 5.92 Å². The summed E-state index contributed by atoms with van der Waals surface area (Å²) in [6, 6.07) is 7.74. The molecule has 24 heavy (non-hydrogen) atoms. The van der Waals surface area contributed by atoms with Gasteiger partial charge in [0.2, 0.25) is 11.8 Å². The van der Waals surface area contributed by atoms with Crippen molar-refractivity contribution in [2.45, 2.75) is 19.4 Å². The van der Waals surface area contributed by atoms with Crippen LogP contribution in [0.3, 0.4) is 0 Å². The van der Waals surface area contributed by atoms with Gasteiger partial charge in [-0.2, -0.15) is 11.8 Å². The minimum atomic E-state index is 0.0256. The molecule has 1 aromatic rings. The largest absolute Gasteiger partial charge is 0.497 e. The number of thioether (sulfide) groups is 1. The number of amides is 2. The van der Waals surface area contributed by atoms with Gasteiger partial charge in [-0.3, -0.25) is 9.59 Å². The van der Waals surface area contributed by atoms with Gasteiger partial charge in [-0.1, -0.05) is 12.1 Å². The van der Waals surface area contributed by atoms with Crippen LogP contribution in [0.15, 0.2) is 24.3 Å². The minimum Gasteiger partial charge on any atom is -0.497 e. The Labute approximate surface area is 147 Å². The Morgan fingerprint density at radius 1 is 1.25 bits per heavy atom. The SMILES string of the molecule is COc1ccc(CN2CCN(C(=O)CSCC3CC3)CC2=O)cc1. The van der Waals surface area contributed by atoms with Crippen molar-refractivity contribution in [2.75, 3.05) is 38.2 Å². The number of ether oxygens (including phenoxy) is 1. The average molecular weight is 348 g/mol. The molecule has 0 radical (unpaired) electrons. The van der Waals surface area contributed by atoms with Crippen molar-refractivity contribution in [3.8, 4) is 5.75 Å². The van der Waals surface area contributed by atoms with Gasteiger partial charge >= 0.3 is 0 Å². The molecular formula is C18H24N2O3S. The first-order valence-electron chi connectivity index (χ1n) is 8.42. The van der Waals surface area contributed by atoms with Crippen molar-refractivity contribution < 1.29 is 14.3 Å². The molecule has 1 saturated heterocycles. The van der Waals surface area contributed by atoms with Gasteiger partial charge in [-0.05, 0) is 42.2 Å². The van der Waals surface area contributed by atoms with E-state index in [1.54, 1.807) is 23.8 Å². The summed E-state index contributed by atoms with van der Waals surface area (Å²) in [5.74, 6) is 3.34. The first-order chi connectivity index (χ1) is 11.7. The van der Waals surface area contributed by atoms with Crippen LogP contribution >= 0.6 is 11.8 Å². The Kier molecular flexibility index (Phi) is 5.66. The molecule has 6 heteroatoms. The minimum absolute atomic E-state index is 0.0256. The predicted molar refractivity (Wildman–Crippen MR) is 95.0 cm³/mol. The second kappa shape index (κ2) is 7.92. The zero-order valence-corrected chi connectivity index (χ0v) is 14.9. The molecule has 0 bridgehead atoms. The van der Waals surface area contributed by atoms with Crippen LogP contribution in [0.1, 0.15) is 18.4 Å². The van der Waals surface area contributed by atoms with Crippen molar-refractivity contribution in [1.82, 2.24) is 9.80 Å². The molecular weight excluding hydrogens is 324 g/mol. The normalized spacial score (nSPS) is 18.0. The van der Waals surface area contributed by atoms with Gasteiger partial charge in [0.1, 0.15) is 5.75 Å². The van der Waals surface area contributed by atoms with E-state index in [2.05, 4.69) is 0 Å². The maximum absolute atomic E-state index is 12.3. The molecule has 1 aliphatic carbocycles. The lowest BCUT2D eigenvalue weighted by Gasteiger charge is -2.34. The molecule has 130 valence electrons. The summed E-state index contributed by atoms with van der Waals surface area (Å²) in [6.07, 6.45) is 2.62. The molecule has 0 unspecified atom stereocenters. The van der Waals surface area contributed by atoms with Crippen LogP contribution in [0, 0.1) is 5.92 Å². The van der Waals surface area contributed by atoms with E-state index in [4.69, 9.17) is 4.74 Å². The highest BCUT2D eigenvalue weighted by atomic mass is 32.2. The molecule has 1 heterocycles. The highest BCUT2D eigenvalue weighted by molar-refractivity contribution is 7.99. The third-order valence-corrected chi connectivity index (χ3v) is 5.64. The maximum atomic E-state index is 12.3. The number of nitrogens with zero attached hydrogens (tertiary/aromatic N) is 2. The third-order valence-electron chi connectivity index (χ3n) is 4.48. The molecule has 2 amide bonds. The number of hydrogen-bond donors (Lipinski definition) is 0. The lowest BCUT2D eigenvalue weighted by molar-refractivity contribution is -0.144. The number of benzene rings is 1. The summed E-state index contributed by atoms with van der Waals surface area (Å²) in [6.45, 7) is 2.02. The van der Waals surface area contributed by atoms with Gasteiger partial charge in [0.05, 0.1) is 19.4 Å². The summed E-state index contributed by atoms with van der Waals surface area (Å²) in [5.41, 5.74) is 1.07. The third kappa shape index (κ3) is 4.66. The van der Waals surface area contributed by atoms with Crippen molar-refractivity contribution in [3.63, 3.8) is 0 Å². The van der Waals surface area contributed by atoms with E-state index in [9.17, 15) is 9.59 Å². The zero-order valence-electron chi connectivity index (χ0n) is 14.1. The number of piperazine rings is 1. The summed E-state index contributed by atoms with van der Waals surface area (Å²) in [5, 5.41) is 0. The summed E-state index contributed by atoms with van der Waals surface area (Å²) in [7, 11) is 1.64. The lowest BCUT2D eigenvalue weighted by Crippen LogP contribution is -2.52. The van der Waals surface area contributed by atoms with E-state index in [1.807, 2.05) is 29.2 Å². The average Bonchev–Trinajstić information content (AvgIpc) is 3.41. The number of carbonyl (C=O) groups excluding carboxylic acids is 2. The van der Waals surface area contributed by atoms with Crippen molar-refractivity contribution in [1.29, 1.82) is 0 Å². The smallest absolute Gasteiger partial charge is 0.242 e. The van der Waals surface area contributed by atoms with Gasteiger partial charge in [0, 0.05) is 19.6 Å². The predicted octanol–water partition coefficient (Wildman–Crippen LogP) is 2.01. The van der Waals surface area contributed by atoms with Crippen molar-refractivity contribution in [3.05, 3.63) is 29.8 Å². The van der Waals surface area contributed by atoms with Crippen molar-refractivity contribution >= 4 is 23.6 Å². The molecule has 5 nitrogen and oxygen atoms in total. The highest BCUT2D eigenvalue weighted by Crippen LogP contribution is 2.32. The van der Waals surface area contributed by atoms with Crippen LogP contribution in [0.4, 0.5) is 0 Å². The fourth-order valence-corrected chi connectivity index (χ4v) is 3.87. The Hall–Kier alpha value is -1.69. The molecule has 0 atom stereocenters. The van der Waals surface area contributed by atoms with Gasteiger partial charge in [-0.25, -0.2) is 0 Å². The van der Waals surface area contributed by atoms with Gasteiger partial charge in [-0.15, -0.1) is 0 Å². The van der Waals surface area contributed by atoms with E-state index < -0.39 is 0 Å². The number of carbonyl (C=O) groups is 2. The Bertz CT molecular complexity index is 586. The van der Waals surface area contributed by atoms with Crippen LogP contribution < -0.4 is 4.74 Å². The van der Waals surface area contributed by atoms with Crippen LogP contribution in [0.5, 0.6) is 5.75 Å². The van der Waals surface area contributed by atoms with E-state index in [0.717, 1.165) is 23.0 Å². The molecule has 2 fully saturated rings. The van der Waals surface area contributed by atoms with Crippen LogP contribution in [0.2, 0.25) is 0 Å². The second-order valence-corrected chi connectivity index (χ2v) is 7.47. The molecule has 3 rings (SSSR count). The monoisotopic (exact) mass is 348 g/mol. The van der Waals surface area contributed by atoms with Crippen LogP contribution in [-0.4, -0.2) is 59.9 Å². The van der Waals surface area contributed by atoms with E-state index >= 15 is 0 Å². The zero-order chi connectivity index (χ0) is 16.9. The quantitative estimate of drug-likeness (QED) is 0.756. The molecule has 0 N–H and O–H groups in total. The molecule has 1 saturated carbocycles. The molecule has 1 aliphatic heterocycles. The van der Waals surface area contributed by atoms with E-state index in [1.165, 1.54) is 12.8 Å². The molecule has 1 aromatic carbocycles. The highest BCUT2D eigenvalue weighted by Gasteiger charge is 2.27. The Morgan fingerprint density at radius 2 is 2.00 bits per heavy atom. The van der Waals surface area contributed by atoms with Gasteiger partial charge in [0.25, 0.3) is 0 Å². The number of hydrogen-bond acceptors (Lipinski definition) is 4. The molecule has 0 aromatic heterocycles. The topological polar surface area (TPSA) is 49.9 Å². The first-order valence-corrected chi connectivity index (χ1v) is 9.57. The van der Waals surface area contributed by atoms with Gasteiger partial charge in [0.15, 0.2) is 0 Å². The van der Waals surface area contributed by atoms with E-state index in [0.29, 0.717) is 25.4 Å². The second-order valence-electron chi connectivity index (χ2n) is 6.44. The Morgan fingerprint density at radius 3 is 2.62 bits per heavy atom. The summed E-state index contributed by atoms with van der Waals surface area (Å²) in [4.78, 5) is 28.1. The van der Waals surface area contributed by atoms with E-state index in [-0.39, 0.29) is 18.4 Å². The van der Waals surface area contributed by atoms with Crippen LogP contribution in [-0.2, 0) is 16.1 Å². The molecule has 2 aliphatic rings. The van der Waals surface area contributed by atoms with Crippen LogP contribution in [0.25, 0.3) is 0 Å². The summed E-state index contributed by atoms with van der Waals surface area (Å²) < 4.78 is 5.14. The summed E-state index contributed by atoms with van der Waals surface area (Å²) >= 11 is 1.71. The lowest BCUT2D eigenvalue weighted by atomic mass is 10.2. The number of rotatable bonds is 7. The molecule has 0 spiro atoms. The fourth-order valence-electron chi connectivity index (χ4n) is 2.73. The Balaban J connectivity index is 1.45. The number of methoxy groups -OCH3 is 1. The fraction of sp³-hybridized carbons (Fsp3) is 0.556. The first kappa shape index (κ1) is 17.1. The van der Waals surface area contributed by atoms with Gasteiger partial charge < -0.3 is 14.5 Å². The standard InChI is InChI=1S/C18H24N2O3S/c1-23-16-6-4-14(5-7-16)10-19-8-9-20(11-17(19)21)18(22)13-24-12-15-2-3-15/h4-7,15H,2-3,8-13H2,1H3.